The molecule has 2 amide bonds. The highest BCUT2D eigenvalue weighted by Crippen LogP contribution is 2.20. The lowest BCUT2D eigenvalue weighted by atomic mass is 10.00. The Morgan fingerprint density at radius 1 is 1.41 bits per heavy atom. The van der Waals surface area contributed by atoms with Gasteiger partial charge in [-0.25, -0.2) is 4.79 Å². The van der Waals surface area contributed by atoms with Crippen LogP contribution in [0.1, 0.15) is 40.5 Å². The molecule has 1 rings (SSSR count). The second-order valence-electron chi connectivity index (χ2n) is 5.54. The van der Waals surface area contributed by atoms with Gasteiger partial charge in [-0.3, -0.25) is 4.79 Å². The summed E-state index contributed by atoms with van der Waals surface area (Å²) in [5, 5.41) is 2.72. The summed E-state index contributed by atoms with van der Waals surface area (Å²) in [6, 6.07) is 0.200. The molecule has 1 fully saturated rings. The lowest BCUT2D eigenvalue weighted by Gasteiger charge is -2.38. The first-order valence-electron chi connectivity index (χ1n) is 6.03. The summed E-state index contributed by atoms with van der Waals surface area (Å²) < 4.78 is 5.34. The monoisotopic (exact) mass is 242 g/mol. The number of nitrogens with one attached hydrogen (secondary N) is 1. The van der Waals surface area contributed by atoms with Crippen LogP contribution in [-0.2, 0) is 9.53 Å². The molecule has 0 unspecified atom stereocenters. The van der Waals surface area contributed by atoms with Gasteiger partial charge in [-0.1, -0.05) is 0 Å². The molecule has 5 heteroatoms. The number of hydrogen-bond donors (Lipinski definition) is 1. The Morgan fingerprint density at radius 2 is 2.06 bits per heavy atom. The number of rotatable bonds is 2. The van der Waals surface area contributed by atoms with E-state index in [0.29, 0.717) is 13.0 Å². The van der Waals surface area contributed by atoms with E-state index in [1.807, 2.05) is 27.7 Å². The minimum atomic E-state index is -0.484. The van der Waals surface area contributed by atoms with Crippen LogP contribution in [-0.4, -0.2) is 41.6 Å². The van der Waals surface area contributed by atoms with E-state index in [1.165, 1.54) is 0 Å². The fraction of sp³-hybridized carbons (Fsp3) is 0.833. The van der Waals surface area contributed by atoms with Crippen molar-refractivity contribution in [2.75, 3.05) is 6.54 Å². The minimum Gasteiger partial charge on any atom is -0.444 e. The van der Waals surface area contributed by atoms with Crippen LogP contribution in [0.5, 0.6) is 0 Å². The molecule has 1 saturated heterocycles. The maximum Gasteiger partial charge on any atom is 0.410 e. The fourth-order valence-corrected chi connectivity index (χ4v) is 1.91. The predicted octanol–water partition coefficient (Wildman–Crippen LogP) is 1.52. The molecular weight excluding hydrogens is 220 g/mol. The number of ether oxygens (including phenoxy) is 1. The quantitative estimate of drug-likeness (QED) is 0.747. The molecule has 0 aliphatic carbocycles. The molecule has 0 saturated carbocycles. The average molecular weight is 242 g/mol. The topological polar surface area (TPSA) is 58.6 Å². The second-order valence-corrected chi connectivity index (χ2v) is 5.54. The highest BCUT2D eigenvalue weighted by atomic mass is 16.6. The van der Waals surface area contributed by atoms with Crippen molar-refractivity contribution in [3.05, 3.63) is 0 Å². The van der Waals surface area contributed by atoms with Crippen LogP contribution >= 0.6 is 0 Å². The Kier molecular flexibility index (Phi) is 4.37. The highest BCUT2D eigenvalue weighted by molar-refractivity contribution is 5.68. The van der Waals surface area contributed by atoms with E-state index in [4.69, 9.17) is 4.74 Å². The van der Waals surface area contributed by atoms with Gasteiger partial charge in [0.25, 0.3) is 0 Å². The minimum absolute atomic E-state index is 0.0382. The van der Waals surface area contributed by atoms with Gasteiger partial charge >= 0.3 is 6.09 Å². The van der Waals surface area contributed by atoms with Gasteiger partial charge in [-0.05, 0) is 40.5 Å². The molecule has 5 nitrogen and oxygen atoms in total. The van der Waals surface area contributed by atoms with Crippen LogP contribution in [0.4, 0.5) is 4.79 Å². The SMILES string of the molecule is C[C@@H]1CC[C@H](NC=O)CN1C(=O)OC(C)(C)C. The molecule has 1 N–H and O–H groups in total. The van der Waals surface area contributed by atoms with E-state index in [-0.39, 0.29) is 18.2 Å². The summed E-state index contributed by atoms with van der Waals surface area (Å²) in [5.74, 6) is 0. The molecule has 0 radical (unpaired) electrons. The lowest BCUT2D eigenvalue weighted by molar-refractivity contribution is -0.110. The maximum atomic E-state index is 12.0. The lowest BCUT2D eigenvalue weighted by Crippen LogP contribution is -2.52. The summed E-state index contributed by atoms with van der Waals surface area (Å²) in [5.41, 5.74) is -0.484. The molecule has 98 valence electrons. The number of likely N-dealkylation sites (tertiary alicyclic amines) is 1. The van der Waals surface area contributed by atoms with Crippen molar-refractivity contribution >= 4 is 12.5 Å². The van der Waals surface area contributed by atoms with E-state index in [1.54, 1.807) is 4.90 Å². The first-order valence-corrected chi connectivity index (χ1v) is 6.03. The highest BCUT2D eigenvalue weighted by Gasteiger charge is 2.31. The van der Waals surface area contributed by atoms with E-state index in [0.717, 1.165) is 12.8 Å². The Balaban J connectivity index is 2.60. The molecule has 0 aromatic carbocycles. The predicted molar refractivity (Wildman–Crippen MR) is 64.6 cm³/mol. The Labute approximate surface area is 102 Å². The smallest absolute Gasteiger partial charge is 0.410 e. The van der Waals surface area contributed by atoms with Crippen molar-refractivity contribution in [1.82, 2.24) is 10.2 Å². The number of amides is 2. The third kappa shape index (κ3) is 4.24. The number of piperidine rings is 1. The third-order valence-electron chi connectivity index (χ3n) is 2.81. The van der Waals surface area contributed by atoms with Crippen LogP contribution < -0.4 is 5.32 Å². The van der Waals surface area contributed by atoms with E-state index in [2.05, 4.69) is 5.32 Å². The summed E-state index contributed by atoms with van der Waals surface area (Å²) in [6.45, 7) is 8.07. The molecule has 0 aromatic heterocycles. The standard InChI is InChI=1S/C12H22N2O3/c1-9-5-6-10(13-8-15)7-14(9)11(16)17-12(2,3)4/h8-10H,5-7H2,1-4H3,(H,13,15)/t9-,10+/m1/s1. The normalized spacial score (nSPS) is 25.3. The van der Waals surface area contributed by atoms with E-state index < -0.39 is 5.60 Å². The fourth-order valence-electron chi connectivity index (χ4n) is 1.91. The van der Waals surface area contributed by atoms with Gasteiger partial charge in [0.1, 0.15) is 5.60 Å². The molecule has 1 aliphatic rings. The van der Waals surface area contributed by atoms with Gasteiger partial charge < -0.3 is 15.0 Å². The molecule has 1 heterocycles. The third-order valence-corrected chi connectivity index (χ3v) is 2.81. The summed E-state index contributed by atoms with van der Waals surface area (Å²) in [4.78, 5) is 24.1. The number of carbonyl (C=O) groups is 2. The summed E-state index contributed by atoms with van der Waals surface area (Å²) >= 11 is 0. The van der Waals surface area contributed by atoms with Crippen LogP contribution in [0.15, 0.2) is 0 Å². The van der Waals surface area contributed by atoms with E-state index in [9.17, 15) is 9.59 Å². The van der Waals surface area contributed by atoms with Crippen molar-refractivity contribution in [2.24, 2.45) is 0 Å². The van der Waals surface area contributed by atoms with Crippen molar-refractivity contribution in [3.63, 3.8) is 0 Å². The van der Waals surface area contributed by atoms with Crippen LogP contribution in [0.3, 0.4) is 0 Å². The molecule has 0 bridgehead atoms. The first-order chi connectivity index (χ1) is 7.83. The van der Waals surface area contributed by atoms with Gasteiger partial charge in [0.05, 0.1) is 0 Å². The molecule has 2 atom stereocenters. The van der Waals surface area contributed by atoms with E-state index >= 15 is 0 Å². The number of nitrogens with zero attached hydrogens (tertiary/aromatic N) is 1. The average Bonchev–Trinajstić information content (AvgIpc) is 2.18. The van der Waals surface area contributed by atoms with Crippen LogP contribution in [0.2, 0.25) is 0 Å². The molecule has 0 spiro atoms. The number of hydrogen-bond acceptors (Lipinski definition) is 3. The van der Waals surface area contributed by atoms with Crippen molar-refractivity contribution < 1.29 is 14.3 Å². The molecule has 17 heavy (non-hydrogen) atoms. The van der Waals surface area contributed by atoms with Gasteiger partial charge in [0.2, 0.25) is 6.41 Å². The maximum absolute atomic E-state index is 12.0. The van der Waals surface area contributed by atoms with Gasteiger partial charge in [0.15, 0.2) is 0 Å². The number of carbonyl (C=O) groups excluding carboxylic acids is 2. The molecular formula is C12H22N2O3. The van der Waals surface area contributed by atoms with Gasteiger partial charge in [-0.15, -0.1) is 0 Å². The van der Waals surface area contributed by atoms with Gasteiger partial charge in [0, 0.05) is 18.6 Å². The molecule has 0 aromatic rings. The Bertz CT molecular complexity index is 286. The summed E-state index contributed by atoms with van der Waals surface area (Å²) in [7, 11) is 0. The summed E-state index contributed by atoms with van der Waals surface area (Å²) in [6.07, 6.45) is 2.17. The van der Waals surface area contributed by atoms with Crippen molar-refractivity contribution in [3.8, 4) is 0 Å². The first kappa shape index (κ1) is 13.8. The van der Waals surface area contributed by atoms with Crippen molar-refractivity contribution in [2.45, 2.75) is 58.2 Å². The zero-order valence-electron chi connectivity index (χ0n) is 11.0. The zero-order chi connectivity index (χ0) is 13.1. The van der Waals surface area contributed by atoms with Gasteiger partial charge in [-0.2, -0.15) is 0 Å². The Hall–Kier alpha value is -1.26. The van der Waals surface area contributed by atoms with Crippen LogP contribution in [0, 0.1) is 0 Å². The van der Waals surface area contributed by atoms with Crippen LogP contribution in [0.25, 0.3) is 0 Å². The largest absolute Gasteiger partial charge is 0.444 e. The second kappa shape index (κ2) is 5.38. The van der Waals surface area contributed by atoms with Crippen molar-refractivity contribution in [1.29, 1.82) is 0 Å². The molecule has 1 aliphatic heterocycles. The Morgan fingerprint density at radius 3 is 2.59 bits per heavy atom. The zero-order valence-corrected chi connectivity index (χ0v) is 11.0.